The molecule has 2 N–H and O–H groups in total. The maximum Gasteiger partial charge on any atom is 0.323 e. The van der Waals surface area contributed by atoms with E-state index in [2.05, 4.69) is 5.32 Å². The molecule has 0 aromatic carbocycles. The highest BCUT2D eigenvalue weighted by molar-refractivity contribution is 5.80. The Balaban J connectivity index is 2.27. The Hall–Kier alpha value is -1.30. The predicted molar refractivity (Wildman–Crippen MR) is 61.9 cm³/mol. The fourth-order valence-corrected chi connectivity index (χ4v) is 1.81. The van der Waals surface area contributed by atoms with E-state index in [0.29, 0.717) is 13.2 Å². The van der Waals surface area contributed by atoms with E-state index >= 15 is 0 Å². The van der Waals surface area contributed by atoms with Crippen LogP contribution in [0.15, 0.2) is 0 Å². The molecular weight excluding hydrogens is 224 g/mol. The fraction of sp³-hybridized carbons (Fsp3) is 0.818. The number of aliphatic carboxylic acids is 1. The summed E-state index contributed by atoms with van der Waals surface area (Å²) in [4.78, 5) is 23.5. The van der Waals surface area contributed by atoms with Gasteiger partial charge >= 0.3 is 12.0 Å². The van der Waals surface area contributed by atoms with Gasteiger partial charge in [-0.3, -0.25) is 4.79 Å². The van der Waals surface area contributed by atoms with Crippen LogP contribution in [0.1, 0.15) is 26.7 Å². The highest BCUT2D eigenvalue weighted by atomic mass is 16.5. The summed E-state index contributed by atoms with van der Waals surface area (Å²) >= 11 is 0. The Morgan fingerprint density at radius 3 is 2.53 bits per heavy atom. The predicted octanol–water partition coefficient (Wildman–Crippen LogP) is 0.670. The van der Waals surface area contributed by atoms with Gasteiger partial charge in [-0.15, -0.1) is 0 Å². The minimum atomic E-state index is -0.997. The molecule has 0 aromatic heterocycles. The number of ether oxygens (including phenoxy) is 1. The van der Waals surface area contributed by atoms with Crippen molar-refractivity contribution in [2.45, 2.75) is 38.8 Å². The first-order valence-corrected chi connectivity index (χ1v) is 5.95. The zero-order valence-electron chi connectivity index (χ0n) is 10.3. The molecule has 0 saturated heterocycles. The number of amides is 2. The standard InChI is InChI=1S/C11H20N2O4/c1-3-13(7-10(14)15)11(16)12-8-5-9(6-8)17-4-2/h8-9H,3-7H2,1-2H3,(H,12,16)(H,14,15). The Bertz CT molecular complexity index is 277. The number of carboxylic acid groups (broad SMARTS) is 1. The van der Waals surface area contributed by atoms with E-state index < -0.39 is 5.97 Å². The molecule has 0 spiro atoms. The minimum Gasteiger partial charge on any atom is -0.480 e. The van der Waals surface area contributed by atoms with Gasteiger partial charge in [-0.25, -0.2) is 4.79 Å². The molecule has 0 radical (unpaired) electrons. The van der Waals surface area contributed by atoms with Gasteiger partial charge in [-0.2, -0.15) is 0 Å². The van der Waals surface area contributed by atoms with E-state index in [9.17, 15) is 9.59 Å². The molecule has 1 saturated carbocycles. The summed E-state index contributed by atoms with van der Waals surface area (Å²) in [5, 5.41) is 11.4. The van der Waals surface area contributed by atoms with Crippen molar-refractivity contribution in [1.29, 1.82) is 0 Å². The maximum absolute atomic E-state index is 11.7. The smallest absolute Gasteiger partial charge is 0.323 e. The molecule has 0 bridgehead atoms. The Kier molecular flexibility index (Phi) is 5.21. The van der Waals surface area contributed by atoms with Gasteiger partial charge in [0.05, 0.1) is 6.10 Å². The van der Waals surface area contributed by atoms with Gasteiger partial charge in [-0.1, -0.05) is 0 Å². The zero-order valence-corrected chi connectivity index (χ0v) is 10.3. The number of rotatable bonds is 6. The summed E-state index contributed by atoms with van der Waals surface area (Å²) in [6, 6.07) is -0.197. The van der Waals surface area contributed by atoms with Crippen molar-refractivity contribution < 1.29 is 19.4 Å². The minimum absolute atomic E-state index is 0.113. The largest absolute Gasteiger partial charge is 0.480 e. The number of nitrogens with one attached hydrogen (secondary N) is 1. The van der Waals surface area contributed by atoms with Crippen molar-refractivity contribution in [2.24, 2.45) is 0 Å². The van der Waals surface area contributed by atoms with Crippen molar-refractivity contribution in [3.05, 3.63) is 0 Å². The average molecular weight is 244 g/mol. The third kappa shape index (κ3) is 4.22. The third-order valence-electron chi connectivity index (χ3n) is 2.82. The number of likely N-dealkylation sites (N-methyl/N-ethyl adjacent to an activating group) is 1. The fourth-order valence-electron chi connectivity index (χ4n) is 1.81. The van der Waals surface area contributed by atoms with Crippen molar-refractivity contribution in [3.63, 3.8) is 0 Å². The second-order valence-electron chi connectivity index (χ2n) is 4.10. The van der Waals surface area contributed by atoms with Gasteiger partial charge in [0.15, 0.2) is 0 Å². The number of hydrogen-bond acceptors (Lipinski definition) is 3. The molecule has 6 heteroatoms. The summed E-state index contributed by atoms with van der Waals surface area (Å²) in [6.07, 6.45) is 1.86. The van der Waals surface area contributed by atoms with Crippen LogP contribution in [0.25, 0.3) is 0 Å². The van der Waals surface area contributed by atoms with E-state index in [0.717, 1.165) is 12.8 Å². The monoisotopic (exact) mass is 244 g/mol. The number of carbonyl (C=O) groups is 2. The Labute approximate surface area is 101 Å². The van der Waals surface area contributed by atoms with Gasteiger partial charge in [0.2, 0.25) is 0 Å². The van der Waals surface area contributed by atoms with Crippen LogP contribution in [0.2, 0.25) is 0 Å². The van der Waals surface area contributed by atoms with E-state index in [1.54, 1.807) is 6.92 Å². The summed E-state index contributed by atoms with van der Waals surface area (Å²) in [7, 11) is 0. The summed E-state index contributed by atoms with van der Waals surface area (Å²) in [5.74, 6) is -0.997. The molecule has 0 aliphatic heterocycles. The van der Waals surface area contributed by atoms with Crippen LogP contribution in [0, 0.1) is 0 Å². The maximum atomic E-state index is 11.7. The van der Waals surface area contributed by atoms with E-state index in [1.807, 2.05) is 6.92 Å². The van der Waals surface area contributed by atoms with E-state index in [1.165, 1.54) is 4.90 Å². The second kappa shape index (κ2) is 6.44. The summed E-state index contributed by atoms with van der Waals surface area (Å²) in [6.45, 7) is 4.51. The zero-order chi connectivity index (χ0) is 12.8. The normalized spacial score (nSPS) is 22.7. The molecular formula is C11H20N2O4. The van der Waals surface area contributed by atoms with Gasteiger partial charge < -0.3 is 20.1 Å². The van der Waals surface area contributed by atoms with Crippen molar-refractivity contribution in [1.82, 2.24) is 10.2 Å². The van der Waals surface area contributed by atoms with Crippen LogP contribution in [0.4, 0.5) is 4.79 Å². The molecule has 6 nitrogen and oxygen atoms in total. The van der Waals surface area contributed by atoms with E-state index in [4.69, 9.17) is 9.84 Å². The van der Waals surface area contributed by atoms with Gasteiger partial charge in [-0.05, 0) is 26.7 Å². The molecule has 1 rings (SSSR count). The molecule has 0 unspecified atom stereocenters. The molecule has 1 fully saturated rings. The van der Waals surface area contributed by atoms with Crippen LogP contribution in [-0.2, 0) is 9.53 Å². The molecule has 2 amide bonds. The van der Waals surface area contributed by atoms with Crippen LogP contribution < -0.4 is 5.32 Å². The summed E-state index contributed by atoms with van der Waals surface area (Å²) in [5.41, 5.74) is 0. The first kappa shape index (κ1) is 13.8. The first-order valence-electron chi connectivity index (χ1n) is 5.95. The molecule has 1 aliphatic carbocycles. The number of hydrogen-bond donors (Lipinski definition) is 2. The van der Waals surface area contributed by atoms with E-state index in [-0.39, 0.29) is 24.7 Å². The topological polar surface area (TPSA) is 78.9 Å². The van der Waals surface area contributed by atoms with Crippen molar-refractivity contribution >= 4 is 12.0 Å². The Morgan fingerprint density at radius 2 is 2.06 bits per heavy atom. The molecule has 1 aliphatic rings. The number of urea groups is 1. The quantitative estimate of drug-likeness (QED) is 0.719. The van der Waals surface area contributed by atoms with Crippen LogP contribution >= 0.6 is 0 Å². The van der Waals surface area contributed by atoms with Crippen LogP contribution in [0.3, 0.4) is 0 Å². The lowest BCUT2D eigenvalue weighted by atomic mass is 9.89. The highest BCUT2D eigenvalue weighted by Crippen LogP contribution is 2.23. The second-order valence-corrected chi connectivity index (χ2v) is 4.10. The van der Waals surface area contributed by atoms with Gasteiger partial charge in [0.25, 0.3) is 0 Å². The average Bonchev–Trinajstić information content (AvgIpc) is 2.22. The summed E-state index contributed by atoms with van der Waals surface area (Å²) < 4.78 is 5.38. The van der Waals surface area contributed by atoms with Crippen molar-refractivity contribution in [3.8, 4) is 0 Å². The van der Waals surface area contributed by atoms with Gasteiger partial charge in [0, 0.05) is 19.2 Å². The lowest BCUT2D eigenvalue weighted by Crippen LogP contribution is -2.52. The molecule has 0 heterocycles. The lowest BCUT2D eigenvalue weighted by molar-refractivity contribution is -0.137. The molecule has 17 heavy (non-hydrogen) atoms. The number of carbonyl (C=O) groups excluding carboxylic acids is 1. The highest BCUT2D eigenvalue weighted by Gasteiger charge is 2.31. The molecule has 0 aromatic rings. The number of nitrogens with zero attached hydrogens (tertiary/aromatic N) is 1. The van der Waals surface area contributed by atoms with Crippen molar-refractivity contribution in [2.75, 3.05) is 19.7 Å². The third-order valence-corrected chi connectivity index (χ3v) is 2.82. The van der Waals surface area contributed by atoms with Crippen LogP contribution in [0.5, 0.6) is 0 Å². The Morgan fingerprint density at radius 1 is 1.41 bits per heavy atom. The van der Waals surface area contributed by atoms with Gasteiger partial charge in [0.1, 0.15) is 6.54 Å². The molecule has 0 atom stereocenters. The number of carboxylic acids is 1. The first-order chi connectivity index (χ1) is 8.06. The van der Waals surface area contributed by atoms with Crippen LogP contribution in [-0.4, -0.2) is 53.8 Å². The SMILES string of the molecule is CCOC1CC(NC(=O)N(CC)CC(=O)O)C1. The molecule has 98 valence electrons. The lowest BCUT2D eigenvalue weighted by Gasteiger charge is -2.36.